The molecular formula is C10H18OS. The van der Waals surface area contributed by atoms with Gasteiger partial charge in [-0.3, -0.25) is 0 Å². The number of allylic oxidation sites excluding steroid dienone is 2. The lowest BCUT2D eigenvalue weighted by molar-refractivity contribution is 0.166. The van der Waals surface area contributed by atoms with Crippen molar-refractivity contribution in [1.29, 1.82) is 0 Å². The van der Waals surface area contributed by atoms with Crippen molar-refractivity contribution in [2.24, 2.45) is 0 Å². The molecule has 1 unspecified atom stereocenters. The van der Waals surface area contributed by atoms with Crippen molar-refractivity contribution in [3.05, 3.63) is 23.6 Å². The summed E-state index contributed by atoms with van der Waals surface area (Å²) in [6.45, 7) is 5.71. The smallest absolute Gasteiger partial charge is 0.0585 e. The van der Waals surface area contributed by atoms with Gasteiger partial charge in [-0.1, -0.05) is 32.1 Å². The van der Waals surface area contributed by atoms with Crippen LogP contribution in [0.2, 0.25) is 0 Å². The molecule has 0 spiro atoms. The van der Waals surface area contributed by atoms with Gasteiger partial charge in [-0.15, -0.1) is 11.8 Å². The number of hydrogen-bond acceptors (Lipinski definition) is 2. The van der Waals surface area contributed by atoms with Gasteiger partial charge in [0.1, 0.15) is 0 Å². The van der Waals surface area contributed by atoms with Gasteiger partial charge in [-0.2, -0.15) is 0 Å². The fourth-order valence-corrected chi connectivity index (χ4v) is 1.61. The van der Waals surface area contributed by atoms with Crippen LogP contribution in [0.4, 0.5) is 0 Å². The second-order valence-corrected chi connectivity index (χ2v) is 3.65. The number of aliphatic hydroxyl groups excluding tert-OH is 1. The lowest BCUT2D eigenvalue weighted by Gasteiger charge is -2.09. The first-order chi connectivity index (χ1) is 5.74. The van der Waals surface area contributed by atoms with E-state index in [9.17, 15) is 5.11 Å². The monoisotopic (exact) mass is 186 g/mol. The minimum atomic E-state index is -0.186. The molecule has 0 amide bonds. The van der Waals surface area contributed by atoms with Gasteiger partial charge in [0.05, 0.1) is 6.10 Å². The Bertz CT molecular complexity index is 152. The van der Waals surface area contributed by atoms with Gasteiger partial charge in [0, 0.05) is 6.42 Å². The third-order valence-corrected chi connectivity index (χ3v) is 2.45. The van der Waals surface area contributed by atoms with Crippen molar-refractivity contribution >= 4 is 11.8 Å². The van der Waals surface area contributed by atoms with Crippen LogP contribution in [-0.4, -0.2) is 17.5 Å². The number of hydrogen-bond donors (Lipinski definition) is 1. The summed E-state index contributed by atoms with van der Waals surface area (Å²) in [5.41, 5.74) is 0. The lowest BCUT2D eigenvalue weighted by atomic mass is 10.1. The Balaban J connectivity index is 3.84. The first-order valence-electron chi connectivity index (χ1n) is 4.28. The van der Waals surface area contributed by atoms with Gasteiger partial charge in [-0.25, -0.2) is 0 Å². The van der Waals surface area contributed by atoms with Crippen LogP contribution in [0.15, 0.2) is 23.6 Å². The van der Waals surface area contributed by atoms with Crippen LogP contribution in [0, 0.1) is 0 Å². The standard InChI is InChI=1S/C10H18OS/c1-4-6-9(11)8-10(12-3)7-5-2/h5,7,9,11H,2,4,6,8H2,1,3H3/b10-7-. The summed E-state index contributed by atoms with van der Waals surface area (Å²) in [5.74, 6) is 0. The Hall–Kier alpha value is -0.210. The van der Waals surface area contributed by atoms with Crippen LogP contribution in [0.3, 0.4) is 0 Å². The highest BCUT2D eigenvalue weighted by atomic mass is 32.2. The molecule has 0 aromatic heterocycles. The molecule has 12 heavy (non-hydrogen) atoms. The SMILES string of the molecule is C=C/C=C(/CC(O)CCC)SC. The molecule has 0 aliphatic heterocycles. The molecular weight excluding hydrogens is 168 g/mol. The average Bonchev–Trinajstić information content (AvgIpc) is 2.04. The van der Waals surface area contributed by atoms with Crippen LogP contribution in [-0.2, 0) is 0 Å². The summed E-state index contributed by atoms with van der Waals surface area (Å²) in [5, 5.41) is 9.49. The zero-order valence-electron chi connectivity index (χ0n) is 7.92. The Labute approximate surface area is 79.6 Å². The fourth-order valence-electron chi connectivity index (χ4n) is 1.02. The predicted molar refractivity (Wildman–Crippen MR) is 57.3 cm³/mol. The van der Waals surface area contributed by atoms with Gasteiger partial charge < -0.3 is 5.11 Å². The summed E-state index contributed by atoms with van der Waals surface area (Å²) in [4.78, 5) is 1.20. The molecule has 0 rings (SSSR count). The third-order valence-electron chi connectivity index (χ3n) is 1.62. The summed E-state index contributed by atoms with van der Waals surface area (Å²) >= 11 is 1.68. The molecule has 1 atom stereocenters. The van der Waals surface area contributed by atoms with Gasteiger partial charge in [-0.05, 0) is 17.6 Å². The number of aliphatic hydroxyl groups is 1. The topological polar surface area (TPSA) is 20.2 Å². The molecule has 0 saturated carbocycles. The molecule has 0 heterocycles. The van der Waals surface area contributed by atoms with E-state index in [1.807, 2.05) is 12.3 Å². The van der Waals surface area contributed by atoms with E-state index in [-0.39, 0.29) is 6.10 Å². The minimum absolute atomic E-state index is 0.186. The van der Waals surface area contributed by atoms with Crippen molar-refractivity contribution in [3.63, 3.8) is 0 Å². The highest BCUT2D eigenvalue weighted by Crippen LogP contribution is 2.19. The predicted octanol–water partition coefficient (Wildman–Crippen LogP) is 2.97. The maximum absolute atomic E-state index is 9.49. The van der Waals surface area contributed by atoms with Crippen molar-refractivity contribution in [2.75, 3.05) is 6.26 Å². The second-order valence-electron chi connectivity index (χ2n) is 2.72. The van der Waals surface area contributed by atoms with Crippen molar-refractivity contribution in [1.82, 2.24) is 0 Å². The second kappa shape index (κ2) is 7.44. The van der Waals surface area contributed by atoms with E-state index in [4.69, 9.17) is 0 Å². The molecule has 0 saturated heterocycles. The van der Waals surface area contributed by atoms with E-state index in [2.05, 4.69) is 13.5 Å². The van der Waals surface area contributed by atoms with E-state index in [0.29, 0.717) is 0 Å². The van der Waals surface area contributed by atoms with Crippen LogP contribution >= 0.6 is 11.8 Å². The normalized spacial score (nSPS) is 14.4. The zero-order chi connectivity index (χ0) is 9.40. The van der Waals surface area contributed by atoms with Crippen molar-refractivity contribution in [3.8, 4) is 0 Å². The highest BCUT2D eigenvalue weighted by Gasteiger charge is 2.04. The van der Waals surface area contributed by atoms with Gasteiger partial charge in [0.2, 0.25) is 0 Å². The summed E-state index contributed by atoms with van der Waals surface area (Å²) in [7, 11) is 0. The Morgan fingerprint density at radius 3 is 2.75 bits per heavy atom. The van der Waals surface area contributed by atoms with Crippen LogP contribution < -0.4 is 0 Å². The first kappa shape index (κ1) is 11.8. The van der Waals surface area contributed by atoms with Crippen LogP contribution in [0.25, 0.3) is 0 Å². The maximum atomic E-state index is 9.49. The molecule has 1 nitrogen and oxygen atoms in total. The van der Waals surface area contributed by atoms with E-state index in [1.165, 1.54) is 4.91 Å². The summed E-state index contributed by atoms with van der Waals surface area (Å²) in [6, 6.07) is 0. The summed E-state index contributed by atoms with van der Waals surface area (Å²) < 4.78 is 0. The van der Waals surface area contributed by atoms with Gasteiger partial charge >= 0.3 is 0 Å². The average molecular weight is 186 g/mol. The number of rotatable bonds is 6. The lowest BCUT2D eigenvalue weighted by Crippen LogP contribution is -2.05. The molecule has 0 fully saturated rings. The minimum Gasteiger partial charge on any atom is -0.393 e. The molecule has 0 bridgehead atoms. The van der Waals surface area contributed by atoms with E-state index in [1.54, 1.807) is 17.8 Å². The molecule has 0 radical (unpaired) electrons. The Morgan fingerprint density at radius 1 is 1.67 bits per heavy atom. The quantitative estimate of drug-likeness (QED) is 0.644. The van der Waals surface area contributed by atoms with Crippen molar-refractivity contribution in [2.45, 2.75) is 32.3 Å². The van der Waals surface area contributed by atoms with Crippen LogP contribution in [0.1, 0.15) is 26.2 Å². The third kappa shape index (κ3) is 5.44. The maximum Gasteiger partial charge on any atom is 0.0585 e. The fraction of sp³-hybridized carbons (Fsp3) is 0.600. The molecule has 2 heteroatoms. The molecule has 0 aliphatic carbocycles. The Morgan fingerprint density at radius 2 is 2.33 bits per heavy atom. The first-order valence-corrected chi connectivity index (χ1v) is 5.50. The molecule has 70 valence electrons. The molecule has 0 aliphatic rings. The Kier molecular flexibility index (Phi) is 7.31. The zero-order valence-corrected chi connectivity index (χ0v) is 8.73. The van der Waals surface area contributed by atoms with Gasteiger partial charge in [0.15, 0.2) is 0 Å². The largest absolute Gasteiger partial charge is 0.393 e. The van der Waals surface area contributed by atoms with Crippen LogP contribution in [0.5, 0.6) is 0 Å². The molecule has 0 aromatic carbocycles. The number of thioether (sulfide) groups is 1. The summed E-state index contributed by atoms with van der Waals surface area (Å²) in [6.07, 6.45) is 8.25. The van der Waals surface area contributed by atoms with E-state index < -0.39 is 0 Å². The molecule has 0 aromatic rings. The van der Waals surface area contributed by atoms with E-state index in [0.717, 1.165) is 19.3 Å². The van der Waals surface area contributed by atoms with Crippen molar-refractivity contribution < 1.29 is 5.11 Å². The van der Waals surface area contributed by atoms with Gasteiger partial charge in [0.25, 0.3) is 0 Å². The highest BCUT2D eigenvalue weighted by molar-refractivity contribution is 8.02. The molecule has 1 N–H and O–H groups in total. The van der Waals surface area contributed by atoms with E-state index >= 15 is 0 Å².